The summed E-state index contributed by atoms with van der Waals surface area (Å²) in [6.07, 6.45) is 65.9. The standard InChI is InChI=1S/C58H117NO4/c1-3-5-7-9-11-13-15-17-19-21-23-24-25-26-27-28-29-30-31-32-33-35-37-39-41-43-45-47-49-51-53-57(62)58(63)59-55(54-60)56(61)52-50-48-46-44-42-40-38-36-34-22-20-18-16-14-12-10-8-6-4-2/h55-57,60-62H,3-54H2,1-2H3,(H,59,63). The molecule has 0 aromatic rings. The van der Waals surface area contributed by atoms with Crippen molar-refractivity contribution in [3.8, 4) is 0 Å². The Morgan fingerprint density at radius 3 is 0.714 bits per heavy atom. The second-order valence-electron chi connectivity index (χ2n) is 20.6. The Morgan fingerprint density at radius 1 is 0.317 bits per heavy atom. The van der Waals surface area contributed by atoms with Crippen LogP contribution in [0.5, 0.6) is 0 Å². The maximum Gasteiger partial charge on any atom is 0.249 e. The zero-order valence-corrected chi connectivity index (χ0v) is 43.3. The Balaban J connectivity index is 3.46. The second kappa shape index (κ2) is 54.0. The van der Waals surface area contributed by atoms with Crippen LogP contribution in [0.4, 0.5) is 0 Å². The minimum absolute atomic E-state index is 0.307. The molecular formula is C58H117NO4. The fourth-order valence-corrected chi connectivity index (χ4v) is 9.67. The summed E-state index contributed by atoms with van der Waals surface area (Å²) >= 11 is 0. The topological polar surface area (TPSA) is 89.8 Å². The van der Waals surface area contributed by atoms with E-state index in [9.17, 15) is 20.1 Å². The zero-order chi connectivity index (χ0) is 45.8. The number of hydrogen-bond acceptors (Lipinski definition) is 4. The summed E-state index contributed by atoms with van der Waals surface area (Å²) in [5.74, 6) is -0.461. The lowest BCUT2D eigenvalue weighted by Crippen LogP contribution is -2.49. The van der Waals surface area contributed by atoms with Gasteiger partial charge in [-0.15, -0.1) is 0 Å². The molecule has 0 saturated heterocycles. The summed E-state index contributed by atoms with van der Waals surface area (Å²) in [6, 6.07) is -0.707. The molecule has 3 unspecified atom stereocenters. The third-order valence-electron chi connectivity index (χ3n) is 14.2. The minimum atomic E-state index is -1.07. The van der Waals surface area contributed by atoms with Gasteiger partial charge in [0.25, 0.3) is 0 Å². The number of rotatable bonds is 55. The fraction of sp³-hybridized carbons (Fsp3) is 0.983. The van der Waals surface area contributed by atoms with Gasteiger partial charge in [-0.25, -0.2) is 0 Å². The number of hydrogen-bond donors (Lipinski definition) is 4. The molecule has 0 aromatic carbocycles. The number of unbranched alkanes of at least 4 members (excludes halogenated alkanes) is 47. The molecule has 0 saturated carbocycles. The minimum Gasteiger partial charge on any atom is -0.394 e. The highest BCUT2D eigenvalue weighted by Gasteiger charge is 2.23. The van der Waals surface area contributed by atoms with E-state index in [4.69, 9.17) is 0 Å². The molecule has 3 atom stereocenters. The van der Waals surface area contributed by atoms with Crippen LogP contribution < -0.4 is 5.32 Å². The van der Waals surface area contributed by atoms with Crippen molar-refractivity contribution >= 4 is 5.91 Å². The van der Waals surface area contributed by atoms with E-state index < -0.39 is 24.2 Å². The summed E-state index contributed by atoms with van der Waals surface area (Å²) in [7, 11) is 0. The number of carbonyl (C=O) groups excluding carboxylic acids is 1. The lowest BCUT2D eigenvalue weighted by Gasteiger charge is -2.23. The lowest BCUT2D eigenvalue weighted by atomic mass is 10.0. The van der Waals surface area contributed by atoms with Crippen LogP contribution in [0.3, 0.4) is 0 Å². The van der Waals surface area contributed by atoms with E-state index in [0.717, 1.165) is 32.1 Å². The van der Waals surface area contributed by atoms with Gasteiger partial charge in [0, 0.05) is 0 Å². The number of amides is 1. The van der Waals surface area contributed by atoms with Gasteiger partial charge >= 0.3 is 0 Å². The van der Waals surface area contributed by atoms with Crippen molar-refractivity contribution in [1.82, 2.24) is 5.32 Å². The number of carbonyl (C=O) groups is 1. The fourth-order valence-electron chi connectivity index (χ4n) is 9.67. The average Bonchev–Trinajstić information content (AvgIpc) is 3.29. The predicted molar refractivity (Wildman–Crippen MR) is 278 cm³/mol. The van der Waals surface area contributed by atoms with Gasteiger partial charge in [0.05, 0.1) is 18.8 Å². The summed E-state index contributed by atoms with van der Waals surface area (Å²) in [5, 5.41) is 33.6. The quantitative estimate of drug-likeness (QED) is 0.0458. The zero-order valence-electron chi connectivity index (χ0n) is 43.3. The van der Waals surface area contributed by atoms with Crippen LogP contribution >= 0.6 is 0 Å². The maximum absolute atomic E-state index is 12.6. The highest BCUT2D eigenvalue weighted by atomic mass is 16.3. The molecule has 0 bridgehead atoms. The van der Waals surface area contributed by atoms with Gasteiger partial charge in [0.2, 0.25) is 5.91 Å². The Labute approximate surface area is 396 Å². The molecule has 378 valence electrons. The molecule has 4 N–H and O–H groups in total. The van der Waals surface area contributed by atoms with Gasteiger partial charge in [-0.05, 0) is 12.8 Å². The first-order chi connectivity index (χ1) is 31.1. The first kappa shape index (κ1) is 62.4. The van der Waals surface area contributed by atoms with Crippen LogP contribution in [0.2, 0.25) is 0 Å². The monoisotopic (exact) mass is 892 g/mol. The largest absolute Gasteiger partial charge is 0.394 e. The van der Waals surface area contributed by atoms with E-state index in [2.05, 4.69) is 19.2 Å². The van der Waals surface area contributed by atoms with E-state index >= 15 is 0 Å². The molecule has 0 aliphatic carbocycles. The third-order valence-corrected chi connectivity index (χ3v) is 14.2. The molecule has 0 aromatic heterocycles. The van der Waals surface area contributed by atoms with Crippen LogP contribution in [-0.4, -0.2) is 46.1 Å². The summed E-state index contributed by atoms with van der Waals surface area (Å²) < 4.78 is 0. The van der Waals surface area contributed by atoms with E-state index in [0.29, 0.717) is 12.8 Å². The molecule has 0 rings (SSSR count). The van der Waals surface area contributed by atoms with Crippen LogP contribution in [0.15, 0.2) is 0 Å². The van der Waals surface area contributed by atoms with E-state index in [-0.39, 0.29) is 6.61 Å². The lowest BCUT2D eigenvalue weighted by molar-refractivity contribution is -0.131. The molecule has 5 nitrogen and oxygen atoms in total. The molecule has 1 amide bonds. The second-order valence-corrected chi connectivity index (χ2v) is 20.6. The first-order valence-corrected chi connectivity index (χ1v) is 29.3. The van der Waals surface area contributed by atoms with Gasteiger partial charge in [-0.1, -0.05) is 328 Å². The van der Waals surface area contributed by atoms with Crippen molar-refractivity contribution in [1.29, 1.82) is 0 Å². The Hall–Kier alpha value is -0.650. The predicted octanol–water partition coefficient (Wildman–Crippen LogP) is 18.1. The molecule has 0 aliphatic heterocycles. The normalized spacial score (nSPS) is 13.2. The van der Waals surface area contributed by atoms with E-state index in [1.807, 2.05) is 0 Å². The highest BCUT2D eigenvalue weighted by molar-refractivity contribution is 5.80. The van der Waals surface area contributed by atoms with Gasteiger partial charge in [0.15, 0.2) is 0 Å². The van der Waals surface area contributed by atoms with Crippen LogP contribution in [0.25, 0.3) is 0 Å². The van der Waals surface area contributed by atoms with E-state index in [1.54, 1.807) is 0 Å². The molecule has 0 spiro atoms. The molecule has 0 aliphatic rings. The third kappa shape index (κ3) is 49.1. The van der Waals surface area contributed by atoms with E-state index in [1.165, 1.54) is 283 Å². The number of aliphatic hydroxyl groups excluding tert-OH is 3. The van der Waals surface area contributed by atoms with Crippen LogP contribution in [0.1, 0.15) is 341 Å². The van der Waals surface area contributed by atoms with Crippen molar-refractivity contribution in [3.63, 3.8) is 0 Å². The van der Waals surface area contributed by atoms with Crippen molar-refractivity contribution < 1.29 is 20.1 Å². The molecule has 5 heteroatoms. The first-order valence-electron chi connectivity index (χ1n) is 29.3. The molecule has 63 heavy (non-hydrogen) atoms. The van der Waals surface area contributed by atoms with Crippen LogP contribution in [-0.2, 0) is 4.79 Å². The van der Waals surface area contributed by atoms with Gasteiger partial charge in [-0.2, -0.15) is 0 Å². The Bertz CT molecular complexity index is 853. The van der Waals surface area contributed by atoms with Gasteiger partial charge in [-0.3, -0.25) is 4.79 Å². The summed E-state index contributed by atoms with van der Waals surface area (Å²) in [6.45, 7) is 4.28. The van der Waals surface area contributed by atoms with Crippen LogP contribution in [0, 0.1) is 0 Å². The number of aliphatic hydroxyl groups is 3. The van der Waals surface area contributed by atoms with Crippen molar-refractivity contribution in [3.05, 3.63) is 0 Å². The smallest absolute Gasteiger partial charge is 0.249 e. The SMILES string of the molecule is CCCCCCCCCCCCCCCCCCCCCCCCCCCCCCCCC(O)C(=O)NC(CO)C(O)CCCCCCCCCCCCCCCCCCCCC. The Morgan fingerprint density at radius 2 is 0.508 bits per heavy atom. The molecule has 0 radical (unpaired) electrons. The van der Waals surface area contributed by atoms with Crippen molar-refractivity contribution in [2.24, 2.45) is 0 Å². The number of nitrogens with one attached hydrogen (secondary N) is 1. The van der Waals surface area contributed by atoms with Gasteiger partial charge < -0.3 is 20.6 Å². The van der Waals surface area contributed by atoms with Crippen molar-refractivity contribution in [2.75, 3.05) is 6.61 Å². The van der Waals surface area contributed by atoms with Crippen molar-refractivity contribution in [2.45, 2.75) is 360 Å². The maximum atomic E-state index is 12.6. The summed E-state index contributed by atoms with van der Waals surface area (Å²) in [5.41, 5.74) is 0. The van der Waals surface area contributed by atoms with Gasteiger partial charge in [0.1, 0.15) is 6.10 Å². The molecule has 0 fully saturated rings. The Kier molecular flexibility index (Phi) is 53.4. The highest BCUT2D eigenvalue weighted by Crippen LogP contribution is 2.19. The molecule has 0 heterocycles. The average molecular weight is 893 g/mol. The molecular weight excluding hydrogens is 775 g/mol. The summed E-state index contributed by atoms with van der Waals surface area (Å²) in [4.78, 5) is 12.6.